The van der Waals surface area contributed by atoms with E-state index in [2.05, 4.69) is 32.2 Å². The van der Waals surface area contributed by atoms with Crippen LogP contribution in [-0.2, 0) is 9.47 Å². The predicted molar refractivity (Wildman–Crippen MR) is 131 cm³/mol. The quantitative estimate of drug-likeness (QED) is 0.492. The number of nitriles is 1. The molecule has 3 aromatic rings. The van der Waals surface area contributed by atoms with Gasteiger partial charge < -0.3 is 29.7 Å². The Hall–Kier alpha value is -3.79. The Bertz CT molecular complexity index is 1260. The summed E-state index contributed by atoms with van der Waals surface area (Å²) >= 11 is 5.47. The van der Waals surface area contributed by atoms with E-state index in [0.717, 1.165) is 11.4 Å². The lowest BCUT2D eigenvalue weighted by molar-refractivity contribution is 0.0615. The molecule has 0 radical (unpaired) electrons. The highest BCUT2D eigenvalue weighted by atomic mass is 32.1. The number of aromatic nitrogens is 4. The fourth-order valence-electron chi connectivity index (χ4n) is 4.21. The zero-order valence-corrected chi connectivity index (χ0v) is 20.0. The molecular weight excluding hydrogens is 468 g/mol. The molecule has 0 unspecified atom stereocenters. The maximum atomic E-state index is 9.08. The molecule has 2 fully saturated rings. The zero-order chi connectivity index (χ0) is 24.4. The van der Waals surface area contributed by atoms with E-state index >= 15 is 0 Å². The molecule has 11 nitrogen and oxygen atoms in total. The fraction of sp³-hybridized carbons (Fsp3) is 0.348. The first-order valence-electron chi connectivity index (χ1n) is 11.1. The van der Waals surface area contributed by atoms with Crippen molar-refractivity contribution in [2.45, 2.75) is 24.3 Å². The van der Waals surface area contributed by atoms with Crippen LogP contribution >= 0.6 is 12.2 Å². The summed E-state index contributed by atoms with van der Waals surface area (Å²) in [5.41, 5.74) is 2.29. The van der Waals surface area contributed by atoms with Crippen LogP contribution in [0, 0.1) is 11.3 Å². The van der Waals surface area contributed by atoms with Crippen LogP contribution < -0.4 is 20.3 Å². The second-order valence-electron chi connectivity index (χ2n) is 8.46. The monoisotopic (exact) mass is 492 g/mol. The molecule has 0 spiro atoms. The maximum absolute atomic E-state index is 9.08. The number of nitrogens with zero attached hydrogens (tertiary/aromatic N) is 6. The zero-order valence-electron chi connectivity index (χ0n) is 19.2. The molecule has 5 rings (SSSR count). The number of ether oxygens (including phenoxy) is 3. The van der Waals surface area contributed by atoms with Gasteiger partial charge in [0.05, 0.1) is 30.9 Å². The van der Waals surface area contributed by atoms with Crippen molar-refractivity contribution in [1.29, 1.82) is 5.26 Å². The Kier molecular flexibility index (Phi) is 6.45. The lowest BCUT2D eigenvalue weighted by Gasteiger charge is -2.20. The van der Waals surface area contributed by atoms with E-state index in [1.165, 1.54) is 0 Å². The van der Waals surface area contributed by atoms with Gasteiger partial charge in [0.25, 0.3) is 0 Å². The SMILES string of the molecule is CN(C)c1cccc(Oc2nnnn2[C@H]2CO[C@H]3[C@@H]2OC[C@@H]3NC(=S)Nc2cccc(C#N)c2)c1. The summed E-state index contributed by atoms with van der Waals surface area (Å²) in [7, 11) is 3.93. The smallest absolute Gasteiger partial charge is 0.341 e. The van der Waals surface area contributed by atoms with Gasteiger partial charge in [-0.1, -0.05) is 17.2 Å². The Labute approximate surface area is 207 Å². The molecule has 0 amide bonds. The van der Waals surface area contributed by atoms with Crippen molar-refractivity contribution in [1.82, 2.24) is 25.5 Å². The largest absolute Gasteiger partial charge is 0.423 e. The topological polar surface area (TPSA) is 122 Å². The van der Waals surface area contributed by atoms with Crippen LogP contribution in [0.1, 0.15) is 11.6 Å². The lowest BCUT2D eigenvalue weighted by atomic mass is 10.1. The summed E-state index contributed by atoms with van der Waals surface area (Å²) in [5.74, 6) is 0.631. The average Bonchev–Trinajstić information content (AvgIpc) is 3.57. The van der Waals surface area contributed by atoms with Gasteiger partial charge in [-0.15, -0.1) is 0 Å². The van der Waals surface area contributed by atoms with Crippen LogP contribution in [0.15, 0.2) is 48.5 Å². The van der Waals surface area contributed by atoms with Gasteiger partial charge in [0, 0.05) is 31.5 Å². The first kappa shape index (κ1) is 23.0. The molecule has 2 aromatic carbocycles. The van der Waals surface area contributed by atoms with E-state index < -0.39 is 0 Å². The lowest BCUT2D eigenvalue weighted by Crippen LogP contribution is -2.45. The van der Waals surface area contributed by atoms with Crippen LogP contribution in [0.3, 0.4) is 0 Å². The van der Waals surface area contributed by atoms with Crippen molar-refractivity contribution < 1.29 is 14.2 Å². The molecule has 12 heteroatoms. The van der Waals surface area contributed by atoms with E-state index in [4.69, 9.17) is 31.7 Å². The third kappa shape index (κ3) is 4.88. The average molecular weight is 493 g/mol. The predicted octanol–water partition coefficient (Wildman–Crippen LogP) is 2.10. The Morgan fingerprint density at radius 1 is 1.17 bits per heavy atom. The van der Waals surface area contributed by atoms with Crippen molar-refractivity contribution >= 4 is 28.7 Å². The van der Waals surface area contributed by atoms with Crippen LogP contribution in [0.25, 0.3) is 0 Å². The van der Waals surface area contributed by atoms with Gasteiger partial charge in [-0.3, -0.25) is 0 Å². The minimum Gasteiger partial charge on any atom is -0.423 e. The first-order chi connectivity index (χ1) is 17.0. The second-order valence-corrected chi connectivity index (χ2v) is 8.87. The van der Waals surface area contributed by atoms with E-state index in [1.807, 2.05) is 49.3 Å². The highest BCUT2D eigenvalue weighted by Gasteiger charge is 2.50. The third-order valence-corrected chi connectivity index (χ3v) is 6.13. The molecule has 1 aromatic heterocycles. The summed E-state index contributed by atoms with van der Waals surface area (Å²) in [6, 6.07) is 16.8. The summed E-state index contributed by atoms with van der Waals surface area (Å²) in [4.78, 5) is 1.99. The van der Waals surface area contributed by atoms with Crippen molar-refractivity contribution in [3.63, 3.8) is 0 Å². The Morgan fingerprint density at radius 3 is 2.83 bits per heavy atom. The number of thiocarbonyl (C=S) groups is 1. The molecular formula is C23H24N8O3S. The standard InChI is InChI=1S/C23H24N8O3S/c1-30(2)16-7-4-8-17(10-16)34-23-27-28-29-31(23)19-13-33-20-18(12-32-21(19)20)26-22(35)25-15-6-3-5-14(9-15)11-24/h3-10,18-21H,12-13H2,1-2H3,(H2,25,26,35)/t18-,19-,20+,21+/m0/s1. The number of hydrogen-bond acceptors (Lipinski definition) is 9. The molecule has 2 aliphatic heterocycles. The Balaban J connectivity index is 1.24. The second kappa shape index (κ2) is 9.83. The van der Waals surface area contributed by atoms with Crippen molar-refractivity contribution in [3.05, 3.63) is 54.1 Å². The Morgan fingerprint density at radius 2 is 2.00 bits per heavy atom. The number of nitrogens with one attached hydrogen (secondary N) is 2. The molecule has 3 heterocycles. The molecule has 2 saturated heterocycles. The van der Waals surface area contributed by atoms with E-state index in [-0.39, 0.29) is 30.3 Å². The number of hydrogen-bond donors (Lipinski definition) is 2. The molecule has 35 heavy (non-hydrogen) atoms. The minimum atomic E-state index is -0.267. The summed E-state index contributed by atoms with van der Waals surface area (Å²) in [6.07, 6.45) is -0.504. The maximum Gasteiger partial charge on any atom is 0.341 e. The van der Waals surface area contributed by atoms with E-state index in [1.54, 1.807) is 22.9 Å². The summed E-state index contributed by atoms with van der Waals surface area (Å²) < 4.78 is 19.8. The molecule has 2 aliphatic rings. The highest BCUT2D eigenvalue weighted by Crippen LogP contribution is 2.36. The fourth-order valence-corrected chi connectivity index (χ4v) is 4.48. The summed E-state index contributed by atoms with van der Waals surface area (Å²) in [6.45, 7) is 0.784. The number of benzene rings is 2. The van der Waals surface area contributed by atoms with Gasteiger partial charge in [0.15, 0.2) is 5.11 Å². The van der Waals surface area contributed by atoms with Crippen molar-refractivity contribution in [2.24, 2.45) is 0 Å². The minimum absolute atomic E-state index is 0.151. The van der Waals surface area contributed by atoms with Gasteiger partial charge in [-0.25, -0.2) is 0 Å². The highest BCUT2D eigenvalue weighted by molar-refractivity contribution is 7.80. The third-order valence-electron chi connectivity index (χ3n) is 5.91. The number of rotatable bonds is 6. The van der Waals surface area contributed by atoms with Gasteiger partial charge in [-0.2, -0.15) is 9.94 Å². The van der Waals surface area contributed by atoms with Crippen LogP contribution in [-0.4, -0.2) is 70.9 Å². The van der Waals surface area contributed by atoms with Crippen LogP contribution in [0.5, 0.6) is 11.8 Å². The normalized spacial score (nSPS) is 22.8. The number of tetrazole rings is 1. The van der Waals surface area contributed by atoms with Crippen molar-refractivity contribution in [2.75, 3.05) is 37.5 Å². The van der Waals surface area contributed by atoms with Crippen molar-refractivity contribution in [3.8, 4) is 17.8 Å². The first-order valence-corrected chi connectivity index (χ1v) is 11.5. The van der Waals surface area contributed by atoms with E-state index in [9.17, 15) is 0 Å². The van der Waals surface area contributed by atoms with Gasteiger partial charge in [0.1, 0.15) is 24.0 Å². The molecule has 0 aliphatic carbocycles. The molecule has 4 atom stereocenters. The molecule has 180 valence electrons. The number of anilines is 2. The number of fused-ring (bicyclic) bond motifs is 1. The molecule has 0 saturated carbocycles. The molecule has 0 bridgehead atoms. The van der Waals surface area contributed by atoms with E-state index in [0.29, 0.717) is 29.6 Å². The van der Waals surface area contributed by atoms with Gasteiger partial charge in [0.2, 0.25) is 0 Å². The molecule has 2 N–H and O–H groups in total. The summed E-state index contributed by atoms with van der Waals surface area (Å²) in [5, 5.41) is 27.9. The van der Waals surface area contributed by atoms with Crippen LogP contribution in [0.2, 0.25) is 0 Å². The van der Waals surface area contributed by atoms with Crippen LogP contribution in [0.4, 0.5) is 11.4 Å². The van der Waals surface area contributed by atoms with Gasteiger partial charge >= 0.3 is 6.01 Å². The van der Waals surface area contributed by atoms with Gasteiger partial charge in [-0.05, 0) is 53.0 Å².